The molecule has 7 heteroatoms. The molecule has 6 nitrogen and oxygen atoms in total. The molecule has 3 heterocycles. The molecule has 3 rings (SSSR count). The van der Waals surface area contributed by atoms with E-state index in [0.29, 0.717) is 23.6 Å². The number of imidazole rings is 1. The smallest absolute Gasteiger partial charge is 0.327 e. The van der Waals surface area contributed by atoms with Crippen molar-refractivity contribution in [2.45, 2.75) is 13.0 Å². The third-order valence-corrected chi connectivity index (χ3v) is 4.61. The fourth-order valence-corrected chi connectivity index (χ4v) is 3.49. The van der Waals surface area contributed by atoms with E-state index in [4.69, 9.17) is 0 Å². The molecule has 1 aliphatic heterocycles. The molecule has 1 saturated heterocycles. The van der Waals surface area contributed by atoms with Gasteiger partial charge in [-0.15, -0.1) is 0 Å². The highest BCUT2D eigenvalue weighted by atomic mass is 32.2. The van der Waals surface area contributed by atoms with Crippen molar-refractivity contribution in [1.82, 2.24) is 14.3 Å². The highest BCUT2D eigenvalue weighted by Crippen LogP contribution is 2.19. The molecule has 110 valence electrons. The molecule has 0 aliphatic carbocycles. The van der Waals surface area contributed by atoms with Gasteiger partial charge in [0.1, 0.15) is 17.4 Å². The van der Waals surface area contributed by atoms with Crippen LogP contribution in [0.4, 0.5) is 0 Å². The normalized spacial score (nSPS) is 18.9. The maximum atomic E-state index is 12.6. The standard InChI is InChI=1S/C14H15N3O3S/c1-9-3-2-4-12-15-10(7-17(9)12)13(18)16-5-6-21-8-11(16)14(19)20/h2-4,7,11H,5-6,8H2,1H3,(H,19,20). The average molecular weight is 305 g/mol. The first-order valence-corrected chi connectivity index (χ1v) is 7.79. The second-order valence-electron chi connectivity index (χ2n) is 4.95. The summed E-state index contributed by atoms with van der Waals surface area (Å²) < 4.78 is 1.84. The van der Waals surface area contributed by atoms with Crippen LogP contribution in [0.5, 0.6) is 0 Å². The molecule has 2 aromatic rings. The summed E-state index contributed by atoms with van der Waals surface area (Å²) in [5, 5.41) is 9.26. The summed E-state index contributed by atoms with van der Waals surface area (Å²) >= 11 is 1.55. The van der Waals surface area contributed by atoms with Crippen molar-refractivity contribution < 1.29 is 14.7 Å². The number of nitrogens with zero attached hydrogens (tertiary/aromatic N) is 3. The summed E-state index contributed by atoms with van der Waals surface area (Å²) in [7, 11) is 0. The zero-order valence-corrected chi connectivity index (χ0v) is 12.3. The van der Waals surface area contributed by atoms with Gasteiger partial charge < -0.3 is 14.4 Å². The van der Waals surface area contributed by atoms with Crippen LogP contribution in [-0.4, -0.2) is 55.4 Å². The van der Waals surface area contributed by atoms with E-state index in [2.05, 4.69) is 4.98 Å². The third-order valence-electron chi connectivity index (χ3n) is 3.59. The van der Waals surface area contributed by atoms with Gasteiger partial charge in [-0.05, 0) is 19.1 Å². The van der Waals surface area contributed by atoms with E-state index in [0.717, 1.165) is 11.4 Å². The number of aryl methyl sites for hydroxylation is 1. The molecule has 0 bridgehead atoms. The second kappa shape index (κ2) is 5.40. The number of amides is 1. The van der Waals surface area contributed by atoms with E-state index in [9.17, 15) is 14.7 Å². The Morgan fingerprint density at radius 2 is 2.24 bits per heavy atom. The molecule has 1 N–H and O–H groups in total. The van der Waals surface area contributed by atoms with Gasteiger partial charge in [0.25, 0.3) is 5.91 Å². The number of aromatic nitrogens is 2. The van der Waals surface area contributed by atoms with E-state index >= 15 is 0 Å². The Morgan fingerprint density at radius 1 is 1.43 bits per heavy atom. The fourth-order valence-electron chi connectivity index (χ4n) is 2.45. The molecule has 0 aromatic carbocycles. The fraction of sp³-hybridized carbons (Fsp3) is 0.357. The topological polar surface area (TPSA) is 74.9 Å². The molecule has 1 aliphatic rings. The van der Waals surface area contributed by atoms with Gasteiger partial charge in [0.15, 0.2) is 0 Å². The first-order chi connectivity index (χ1) is 10.1. The van der Waals surface area contributed by atoms with Gasteiger partial charge in [-0.3, -0.25) is 4.79 Å². The van der Waals surface area contributed by atoms with Gasteiger partial charge in [-0.2, -0.15) is 11.8 Å². The first-order valence-electron chi connectivity index (χ1n) is 6.64. The van der Waals surface area contributed by atoms with Gasteiger partial charge in [0, 0.05) is 29.9 Å². The van der Waals surface area contributed by atoms with Crippen LogP contribution in [0.15, 0.2) is 24.4 Å². The predicted molar refractivity (Wildman–Crippen MR) is 79.7 cm³/mol. The van der Waals surface area contributed by atoms with Crippen LogP contribution >= 0.6 is 11.8 Å². The summed E-state index contributed by atoms with van der Waals surface area (Å²) in [6.45, 7) is 2.37. The van der Waals surface area contributed by atoms with Crippen LogP contribution < -0.4 is 0 Å². The highest BCUT2D eigenvalue weighted by molar-refractivity contribution is 7.99. The number of aliphatic carboxylic acids is 1. The zero-order valence-electron chi connectivity index (χ0n) is 11.5. The lowest BCUT2D eigenvalue weighted by Crippen LogP contribution is -2.50. The monoisotopic (exact) mass is 305 g/mol. The number of carbonyl (C=O) groups is 2. The summed E-state index contributed by atoms with van der Waals surface area (Å²) in [6, 6.07) is 4.86. The molecule has 0 saturated carbocycles. The van der Waals surface area contributed by atoms with Crippen LogP contribution in [0.2, 0.25) is 0 Å². The van der Waals surface area contributed by atoms with Crippen LogP contribution in [0, 0.1) is 6.92 Å². The van der Waals surface area contributed by atoms with Crippen molar-refractivity contribution in [3.63, 3.8) is 0 Å². The molecular formula is C14H15N3O3S. The quantitative estimate of drug-likeness (QED) is 0.905. The van der Waals surface area contributed by atoms with E-state index in [1.165, 1.54) is 4.90 Å². The minimum atomic E-state index is -0.963. The molecular weight excluding hydrogens is 290 g/mol. The van der Waals surface area contributed by atoms with Gasteiger partial charge in [-0.1, -0.05) is 6.07 Å². The minimum absolute atomic E-state index is 0.294. The number of carbonyl (C=O) groups excluding carboxylic acids is 1. The zero-order chi connectivity index (χ0) is 15.0. The van der Waals surface area contributed by atoms with Crippen LogP contribution in [-0.2, 0) is 4.79 Å². The highest BCUT2D eigenvalue weighted by Gasteiger charge is 2.33. The number of thioether (sulfide) groups is 1. The lowest BCUT2D eigenvalue weighted by molar-refractivity contribution is -0.141. The number of pyridine rings is 1. The molecule has 0 spiro atoms. The largest absolute Gasteiger partial charge is 0.480 e. The van der Waals surface area contributed by atoms with Crippen molar-refractivity contribution in [3.8, 4) is 0 Å². The Kier molecular flexibility index (Phi) is 3.59. The molecule has 1 atom stereocenters. The minimum Gasteiger partial charge on any atom is -0.480 e. The third kappa shape index (κ3) is 2.49. The van der Waals surface area contributed by atoms with Crippen molar-refractivity contribution in [2.75, 3.05) is 18.1 Å². The predicted octanol–water partition coefficient (Wildman–Crippen LogP) is 1.28. The molecule has 1 amide bonds. The Balaban J connectivity index is 1.95. The van der Waals surface area contributed by atoms with E-state index in [1.54, 1.807) is 18.0 Å². The first kappa shape index (κ1) is 13.9. The molecule has 0 radical (unpaired) electrons. The van der Waals surface area contributed by atoms with Crippen molar-refractivity contribution in [2.24, 2.45) is 0 Å². The molecule has 1 unspecified atom stereocenters. The summed E-state index contributed by atoms with van der Waals surface area (Å²) in [5.41, 5.74) is 1.96. The van der Waals surface area contributed by atoms with Gasteiger partial charge in [0.2, 0.25) is 0 Å². The summed E-state index contributed by atoms with van der Waals surface area (Å²) in [5.74, 6) is -0.101. The van der Waals surface area contributed by atoms with Gasteiger partial charge in [0.05, 0.1) is 0 Å². The number of carboxylic acids is 1. The Hall–Kier alpha value is -2.02. The van der Waals surface area contributed by atoms with E-state index < -0.39 is 12.0 Å². The number of rotatable bonds is 2. The number of carboxylic acid groups (broad SMARTS) is 1. The Morgan fingerprint density at radius 3 is 2.95 bits per heavy atom. The lowest BCUT2D eigenvalue weighted by Gasteiger charge is -2.31. The van der Waals surface area contributed by atoms with Gasteiger partial charge in [-0.25, -0.2) is 9.78 Å². The van der Waals surface area contributed by atoms with E-state index in [-0.39, 0.29) is 5.91 Å². The maximum Gasteiger partial charge on any atom is 0.327 e. The van der Waals surface area contributed by atoms with Crippen molar-refractivity contribution in [1.29, 1.82) is 0 Å². The van der Waals surface area contributed by atoms with Crippen molar-refractivity contribution >= 4 is 29.3 Å². The SMILES string of the molecule is Cc1cccc2nc(C(=O)N3CCSCC3C(=O)O)cn12. The Labute approximate surface area is 125 Å². The van der Waals surface area contributed by atoms with Crippen LogP contribution in [0.1, 0.15) is 16.2 Å². The van der Waals surface area contributed by atoms with Crippen molar-refractivity contribution in [3.05, 3.63) is 35.8 Å². The molecule has 21 heavy (non-hydrogen) atoms. The summed E-state index contributed by atoms with van der Waals surface area (Å²) in [4.78, 5) is 29.6. The van der Waals surface area contributed by atoms with E-state index in [1.807, 2.05) is 29.5 Å². The van der Waals surface area contributed by atoms with Crippen LogP contribution in [0.25, 0.3) is 5.65 Å². The molecule has 1 fully saturated rings. The Bertz CT molecular complexity index is 713. The number of hydrogen-bond donors (Lipinski definition) is 1. The van der Waals surface area contributed by atoms with Gasteiger partial charge >= 0.3 is 5.97 Å². The molecule has 2 aromatic heterocycles. The second-order valence-corrected chi connectivity index (χ2v) is 6.10. The number of fused-ring (bicyclic) bond motifs is 1. The maximum absolute atomic E-state index is 12.6. The lowest BCUT2D eigenvalue weighted by atomic mass is 10.2. The average Bonchev–Trinajstić information content (AvgIpc) is 2.92. The summed E-state index contributed by atoms with van der Waals surface area (Å²) in [6.07, 6.45) is 1.67. The van der Waals surface area contributed by atoms with Crippen LogP contribution in [0.3, 0.4) is 0 Å². The number of hydrogen-bond acceptors (Lipinski definition) is 4.